The lowest BCUT2D eigenvalue weighted by Crippen LogP contribution is -2.23. The number of carbonyl (C=O) groups is 1. The molecule has 0 spiro atoms. The maximum atomic E-state index is 13.2. The van der Waals surface area contributed by atoms with Crippen LogP contribution in [0, 0.1) is 6.92 Å². The Morgan fingerprint density at radius 3 is 2.07 bits per heavy atom. The molecule has 0 saturated heterocycles. The number of carboxylic acids is 1. The summed E-state index contributed by atoms with van der Waals surface area (Å²) in [4.78, 5) is 15.5. The van der Waals surface area contributed by atoms with Crippen molar-refractivity contribution in [1.29, 1.82) is 0 Å². The molecule has 0 fully saturated rings. The van der Waals surface area contributed by atoms with Crippen molar-refractivity contribution in [1.82, 2.24) is 0 Å². The molecule has 2 unspecified atom stereocenters. The van der Waals surface area contributed by atoms with E-state index < -0.39 is 40.9 Å². The van der Waals surface area contributed by atoms with Gasteiger partial charge in [0, 0.05) is 11.6 Å². The van der Waals surface area contributed by atoms with Gasteiger partial charge >= 0.3 is 18.3 Å². The number of aryl methyl sites for hydroxylation is 1. The van der Waals surface area contributed by atoms with Crippen molar-refractivity contribution in [2.75, 3.05) is 0 Å². The van der Waals surface area contributed by atoms with Crippen molar-refractivity contribution < 1.29 is 36.2 Å². The monoisotopic (exact) mass is 429 g/mol. The lowest BCUT2D eigenvalue weighted by atomic mass is 9.78. The molecule has 0 aliphatic carbocycles. The van der Waals surface area contributed by atoms with Crippen LogP contribution in [0.5, 0.6) is 0 Å². The number of aromatic carboxylic acids is 1. The highest BCUT2D eigenvalue weighted by molar-refractivity contribution is 5.89. The lowest BCUT2D eigenvalue weighted by Gasteiger charge is -2.25. The van der Waals surface area contributed by atoms with Crippen molar-refractivity contribution in [3.63, 3.8) is 0 Å². The topological polar surface area (TPSA) is 49.7 Å². The third-order valence-corrected chi connectivity index (χ3v) is 5.27. The van der Waals surface area contributed by atoms with E-state index in [0.29, 0.717) is 11.1 Å². The van der Waals surface area contributed by atoms with E-state index in [9.17, 15) is 31.1 Å². The first-order valence-corrected chi connectivity index (χ1v) is 8.89. The Kier molecular flexibility index (Phi) is 5.20. The van der Waals surface area contributed by atoms with Gasteiger partial charge in [-0.3, -0.25) is 4.99 Å². The summed E-state index contributed by atoms with van der Waals surface area (Å²) in [5.41, 5.74) is -2.78. The summed E-state index contributed by atoms with van der Waals surface area (Å²) in [5.74, 6) is -1.09. The largest absolute Gasteiger partial charge is 0.478 e. The number of nitrogens with zero attached hydrogens (tertiary/aromatic N) is 1. The Labute approximate surface area is 168 Å². The fourth-order valence-corrected chi connectivity index (χ4v) is 3.58. The summed E-state index contributed by atoms with van der Waals surface area (Å²) in [6.45, 7) is 3.14. The second kappa shape index (κ2) is 7.14. The minimum Gasteiger partial charge on any atom is -0.478 e. The molecule has 30 heavy (non-hydrogen) atoms. The molecule has 1 aliphatic rings. The smallest absolute Gasteiger partial charge is 0.416 e. The number of aliphatic imine (C=N–C) groups is 1. The van der Waals surface area contributed by atoms with E-state index >= 15 is 0 Å². The number of rotatable bonds is 3. The third kappa shape index (κ3) is 4.20. The zero-order valence-electron chi connectivity index (χ0n) is 15.9. The van der Waals surface area contributed by atoms with Gasteiger partial charge in [0.1, 0.15) is 0 Å². The number of alkyl halides is 6. The van der Waals surface area contributed by atoms with Gasteiger partial charge in [-0.15, -0.1) is 0 Å². The summed E-state index contributed by atoms with van der Waals surface area (Å²) in [5, 5.41) is 9.12. The predicted molar refractivity (Wildman–Crippen MR) is 97.8 cm³/mol. The number of hydrogen-bond acceptors (Lipinski definition) is 2. The van der Waals surface area contributed by atoms with Gasteiger partial charge in [0.05, 0.1) is 22.7 Å². The minimum atomic E-state index is -4.93. The first kappa shape index (κ1) is 21.9. The first-order chi connectivity index (χ1) is 13.7. The van der Waals surface area contributed by atoms with Crippen LogP contribution in [-0.4, -0.2) is 17.3 Å². The average Bonchev–Trinajstić information content (AvgIpc) is 3.03. The van der Waals surface area contributed by atoms with Gasteiger partial charge in [-0.2, -0.15) is 26.3 Å². The quantitative estimate of drug-likeness (QED) is 0.591. The summed E-state index contributed by atoms with van der Waals surface area (Å²) < 4.78 is 79.1. The van der Waals surface area contributed by atoms with Crippen molar-refractivity contribution in [3.8, 4) is 0 Å². The van der Waals surface area contributed by atoms with Crippen molar-refractivity contribution in [3.05, 3.63) is 69.8 Å². The molecule has 1 N–H and O–H groups in total. The Balaban J connectivity index is 1.99. The van der Waals surface area contributed by atoms with Gasteiger partial charge in [0.15, 0.2) is 0 Å². The van der Waals surface area contributed by atoms with Crippen molar-refractivity contribution >= 4 is 12.2 Å². The Hall–Kier alpha value is -2.84. The number of carboxylic acid groups (broad SMARTS) is 1. The van der Waals surface area contributed by atoms with Crippen LogP contribution in [0.25, 0.3) is 0 Å². The first-order valence-electron chi connectivity index (χ1n) is 8.89. The molecule has 9 heteroatoms. The number of hydrogen-bond donors (Lipinski definition) is 1. The van der Waals surface area contributed by atoms with Gasteiger partial charge < -0.3 is 5.11 Å². The fraction of sp³-hybridized carbons (Fsp3) is 0.333. The molecule has 0 bridgehead atoms. The normalized spacial score (nSPS) is 21.8. The molecule has 160 valence electrons. The maximum absolute atomic E-state index is 13.2. The molecule has 0 radical (unpaired) electrons. The van der Waals surface area contributed by atoms with E-state index in [0.717, 1.165) is 12.1 Å². The Morgan fingerprint density at radius 2 is 1.60 bits per heavy atom. The molecule has 0 saturated carbocycles. The van der Waals surface area contributed by atoms with Gasteiger partial charge in [0.25, 0.3) is 0 Å². The number of halogens is 6. The van der Waals surface area contributed by atoms with Crippen LogP contribution >= 0.6 is 0 Å². The van der Waals surface area contributed by atoms with E-state index in [1.54, 1.807) is 19.1 Å². The van der Waals surface area contributed by atoms with Crippen LogP contribution in [-0.2, 0) is 17.8 Å². The highest BCUT2D eigenvalue weighted by atomic mass is 19.4. The van der Waals surface area contributed by atoms with Crippen LogP contribution in [0.4, 0.5) is 26.3 Å². The molecule has 2 atom stereocenters. The van der Waals surface area contributed by atoms with E-state index in [2.05, 4.69) is 4.99 Å². The lowest BCUT2D eigenvalue weighted by molar-refractivity contribution is -0.143. The summed E-state index contributed by atoms with van der Waals surface area (Å²) in [7, 11) is 0. The van der Waals surface area contributed by atoms with Gasteiger partial charge in [-0.05, 0) is 54.3 Å². The zero-order valence-corrected chi connectivity index (χ0v) is 15.9. The average molecular weight is 429 g/mol. The van der Waals surface area contributed by atoms with E-state index in [1.165, 1.54) is 19.2 Å². The number of benzene rings is 2. The molecule has 0 amide bonds. The van der Waals surface area contributed by atoms with Gasteiger partial charge in [0.2, 0.25) is 0 Å². The second-order valence-corrected chi connectivity index (χ2v) is 7.59. The Bertz CT molecular complexity index is 993. The maximum Gasteiger partial charge on any atom is 0.416 e. The molecule has 3 rings (SSSR count). The molecule has 3 nitrogen and oxygen atoms in total. The summed E-state index contributed by atoms with van der Waals surface area (Å²) >= 11 is 0. The molecule has 0 aromatic heterocycles. The second-order valence-electron chi connectivity index (χ2n) is 7.59. The van der Waals surface area contributed by atoms with Crippen molar-refractivity contribution in [2.24, 2.45) is 4.99 Å². The van der Waals surface area contributed by atoms with E-state index in [4.69, 9.17) is 5.11 Å². The SMILES string of the molecule is Cc1cc(C2CC(C)(c3cc(C(F)(F)F)cc(C(F)(F)F)c3)C=N2)ccc1C(=O)O. The van der Waals surface area contributed by atoms with Crippen LogP contribution < -0.4 is 0 Å². The van der Waals surface area contributed by atoms with E-state index in [1.807, 2.05) is 0 Å². The van der Waals surface area contributed by atoms with Gasteiger partial charge in [-0.1, -0.05) is 19.1 Å². The summed E-state index contributed by atoms with van der Waals surface area (Å²) in [6, 6.07) is 5.61. The standard InChI is InChI=1S/C21H17F6NO2/c1-11-5-12(3-4-16(11)18(29)30)17-9-19(2,10-28-17)13-6-14(20(22,23)24)8-15(7-13)21(25,26)27/h3-8,10,17H,9H2,1-2H3,(H,29,30). The highest BCUT2D eigenvalue weighted by Crippen LogP contribution is 2.44. The van der Waals surface area contributed by atoms with E-state index in [-0.39, 0.29) is 23.6 Å². The van der Waals surface area contributed by atoms with Gasteiger partial charge in [-0.25, -0.2) is 4.79 Å². The Morgan fingerprint density at radius 1 is 1.03 bits per heavy atom. The fourth-order valence-electron chi connectivity index (χ4n) is 3.58. The summed E-state index contributed by atoms with van der Waals surface area (Å²) in [6.07, 6.45) is -8.33. The molecule has 1 aliphatic heterocycles. The van der Waals surface area contributed by atoms with Crippen LogP contribution in [0.1, 0.15) is 57.6 Å². The highest BCUT2D eigenvalue weighted by Gasteiger charge is 2.41. The molecular formula is C21H17F6NO2. The third-order valence-electron chi connectivity index (χ3n) is 5.27. The molecule has 2 aromatic rings. The zero-order chi connectivity index (χ0) is 22.5. The van der Waals surface area contributed by atoms with Crippen LogP contribution in [0.3, 0.4) is 0 Å². The molecule has 2 aromatic carbocycles. The molecular weight excluding hydrogens is 412 g/mol. The van der Waals surface area contributed by atoms with Crippen LogP contribution in [0.2, 0.25) is 0 Å². The minimum absolute atomic E-state index is 0.102. The van der Waals surface area contributed by atoms with Crippen molar-refractivity contribution in [2.45, 2.75) is 44.1 Å². The molecule has 1 heterocycles. The van der Waals surface area contributed by atoms with Crippen LogP contribution in [0.15, 0.2) is 41.4 Å². The predicted octanol–water partition coefficient (Wildman–Crippen LogP) is 6.20.